The zero-order chi connectivity index (χ0) is 13.1. The monoisotopic (exact) mass is 252 g/mol. The van der Waals surface area contributed by atoms with Crippen molar-refractivity contribution < 1.29 is 4.79 Å². The summed E-state index contributed by atoms with van der Waals surface area (Å²) in [6.45, 7) is 2.96. The molecule has 0 spiro atoms. The highest BCUT2D eigenvalue weighted by Gasteiger charge is 2.35. The first-order valence-electron chi connectivity index (χ1n) is 7.48. The molecule has 2 saturated carbocycles. The van der Waals surface area contributed by atoms with Gasteiger partial charge in [-0.05, 0) is 65.5 Å². The van der Waals surface area contributed by atoms with Gasteiger partial charge in [0.1, 0.15) is 5.78 Å². The Kier molecular flexibility index (Phi) is 4.79. The second-order valence-electron chi connectivity index (χ2n) is 6.38. The van der Waals surface area contributed by atoms with E-state index in [9.17, 15) is 4.79 Å². The fourth-order valence-electron chi connectivity index (χ4n) is 3.47. The van der Waals surface area contributed by atoms with Crippen LogP contribution in [0, 0.1) is 11.8 Å². The largest absolute Gasteiger partial charge is 0.317 e. The summed E-state index contributed by atoms with van der Waals surface area (Å²) in [5.41, 5.74) is 0. The predicted molar refractivity (Wildman–Crippen MR) is 74.6 cm³/mol. The average Bonchev–Trinajstić information content (AvgIpc) is 2.27. The SMILES string of the molecule is CNC1CCC(CN(C)C2CC(C(C)=O)C2)CC1. The summed E-state index contributed by atoms with van der Waals surface area (Å²) in [7, 11) is 4.32. The summed E-state index contributed by atoms with van der Waals surface area (Å²) in [6, 6.07) is 1.42. The maximum atomic E-state index is 11.2. The van der Waals surface area contributed by atoms with Crippen molar-refractivity contribution in [1.29, 1.82) is 0 Å². The molecule has 0 aliphatic heterocycles. The molecule has 104 valence electrons. The lowest BCUT2D eigenvalue weighted by Crippen LogP contribution is -2.47. The van der Waals surface area contributed by atoms with Crippen molar-refractivity contribution in [2.45, 2.75) is 57.5 Å². The molecule has 0 amide bonds. The minimum Gasteiger partial charge on any atom is -0.317 e. The molecular weight excluding hydrogens is 224 g/mol. The number of carbonyl (C=O) groups is 1. The number of Topliss-reactive ketones (excluding diaryl/α,β-unsaturated/α-hetero) is 1. The summed E-state index contributed by atoms with van der Waals surface area (Å²) in [4.78, 5) is 13.7. The molecule has 2 rings (SSSR count). The highest BCUT2D eigenvalue weighted by Crippen LogP contribution is 2.33. The number of nitrogens with zero attached hydrogens (tertiary/aromatic N) is 1. The van der Waals surface area contributed by atoms with Gasteiger partial charge in [0.05, 0.1) is 0 Å². The van der Waals surface area contributed by atoms with Gasteiger partial charge >= 0.3 is 0 Å². The Hall–Kier alpha value is -0.410. The minimum atomic E-state index is 0.359. The Morgan fingerprint density at radius 1 is 1.22 bits per heavy atom. The number of nitrogens with one attached hydrogen (secondary N) is 1. The van der Waals surface area contributed by atoms with Crippen molar-refractivity contribution in [2.24, 2.45) is 11.8 Å². The predicted octanol–water partition coefficient (Wildman–Crippen LogP) is 2.06. The van der Waals surface area contributed by atoms with Gasteiger partial charge in [-0.3, -0.25) is 4.79 Å². The maximum absolute atomic E-state index is 11.2. The van der Waals surface area contributed by atoms with Crippen LogP contribution in [0.15, 0.2) is 0 Å². The molecule has 2 aliphatic carbocycles. The van der Waals surface area contributed by atoms with Crippen LogP contribution in [0.2, 0.25) is 0 Å². The molecule has 0 saturated heterocycles. The molecule has 3 heteroatoms. The van der Waals surface area contributed by atoms with E-state index in [1.54, 1.807) is 6.92 Å². The van der Waals surface area contributed by atoms with E-state index in [2.05, 4.69) is 24.3 Å². The standard InChI is InChI=1S/C15H28N2O/c1-11(18)13-8-15(9-13)17(3)10-12-4-6-14(16-2)7-5-12/h12-16H,4-10H2,1-3H3. The third kappa shape index (κ3) is 3.33. The van der Waals surface area contributed by atoms with Gasteiger partial charge in [-0.25, -0.2) is 0 Å². The first kappa shape index (κ1) is 14.0. The summed E-state index contributed by atoms with van der Waals surface area (Å²) < 4.78 is 0. The van der Waals surface area contributed by atoms with E-state index in [1.807, 2.05) is 0 Å². The van der Waals surface area contributed by atoms with Crippen molar-refractivity contribution in [3.63, 3.8) is 0 Å². The van der Waals surface area contributed by atoms with E-state index in [0.717, 1.165) is 24.8 Å². The number of hydrogen-bond acceptors (Lipinski definition) is 3. The molecule has 0 aromatic carbocycles. The van der Waals surface area contributed by atoms with E-state index in [0.29, 0.717) is 17.7 Å². The zero-order valence-electron chi connectivity index (χ0n) is 12.1. The van der Waals surface area contributed by atoms with Crippen LogP contribution in [-0.2, 0) is 4.79 Å². The normalized spacial score (nSPS) is 36.4. The van der Waals surface area contributed by atoms with E-state index in [-0.39, 0.29) is 0 Å². The summed E-state index contributed by atoms with van der Waals surface area (Å²) >= 11 is 0. The minimum absolute atomic E-state index is 0.359. The maximum Gasteiger partial charge on any atom is 0.133 e. The summed E-state index contributed by atoms with van der Waals surface area (Å²) in [6.07, 6.45) is 7.57. The zero-order valence-corrected chi connectivity index (χ0v) is 12.1. The fraction of sp³-hybridized carbons (Fsp3) is 0.933. The van der Waals surface area contributed by atoms with Crippen LogP contribution < -0.4 is 5.32 Å². The van der Waals surface area contributed by atoms with Crippen LogP contribution in [0.4, 0.5) is 0 Å². The molecule has 0 radical (unpaired) electrons. The van der Waals surface area contributed by atoms with Crippen LogP contribution in [-0.4, -0.2) is 43.4 Å². The molecule has 0 unspecified atom stereocenters. The quantitative estimate of drug-likeness (QED) is 0.813. The smallest absolute Gasteiger partial charge is 0.133 e. The van der Waals surface area contributed by atoms with Crippen LogP contribution in [0.5, 0.6) is 0 Å². The second kappa shape index (κ2) is 6.16. The van der Waals surface area contributed by atoms with Crippen molar-refractivity contribution >= 4 is 5.78 Å². The van der Waals surface area contributed by atoms with E-state index in [1.165, 1.54) is 32.2 Å². The lowest BCUT2D eigenvalue weighted by Gasteiger charge is -2.42. The van der Waals surface area contributed by atoms with Gasteiger partial charge < -0.3 is 10.2 Å². The molecule has 0 aromatic heterocycles. The lowest BCUT2D eigenvalue weighted by molar-refractivity contribution is -0.125. The molecule has 0 heterocycles. The molecular formula is C15H28N2O. The molecule has 0 bridgehead atoms. The van der Waals surface area contributed by atoms with Crippen LogP contribution in [0.1, 0.15) is 45.4 Å². The third-order valence-corrected chi connectivity index (χ3v) is 5.11. The Balaban J connectivity index is 1.66. The highest BCUT2D eigenvalue weighted by molar-refractivity contribution is 5.79. The number of hydrogen-bond donors (Lipinski definition) is 1. The Morgan fingerprint density at radius 3 is 2.33 bits per heavy atom. The van der Waals surface area contributed by atoms with Crippen molar-refractivity contribution in [3.8, 4) is 0 Å². The summed E-state index contributed by atoms with van der Waals surface area (Å²) in [5, 5.41) is 3.39. The van der Waals surface area contributed by atoms with Gasteiger partial charge in [0, 0.05) is 24.5 Å². The number of ketones is 1. The second-order valence-corrected chi connectivity index (χ2v) is 6.38. The van der Waals surface area contributed by atoms with Crippen molar-refractivity contribution in [3.05, 3.63) is 0 Å². The van der Waals surface area contributed by atoms with E-state index >= 15 is 0 Å². The van der Waals surface area contributed by atoms with Gasteiger partial charge in [0.15, 0.2) is 0 Å². The Labute approximate surface area is 111 Å². The molecule has 1 N–H and O–H groups in total. The van der Waals surface area contributed by atoms with Crippen LogP contribution >= 0.6 is 0 Å². The van der Waals surface area contributed by atoms with Crippen LogP contribution in [0.3, 0.4) is 0 Å². The molecule has 3 nitrogen and oxygen atoms in total. The molecule has 2 aliphatic rings. The average molecular weight is 252 g/mol. The highest BCUT2D eigenvalue weighted by atomic mass is 16.1. The third-order valence-electron chi connectivity index (χ3n) is 5.11. The van der Waals surface area contributed by atoms with Gasteiger partial charge in [-0.2, -0.15) is 0 Å². The number of rotatable bonds is 5. The van der Waals surface area contributed by atoms with Crippen LogP contribution in [0.25, 0.3) is 0 Å². The fourth-order valence-corrected chi connectivity index (χ4v) is 3.47. The topological polar surface area (TPSA) is 32.3 Å². The Morgan fingerprint density at radius 2 is 1.83 bits per heavy atom. The van der Waals surface area contributed by atoms with Gasteiger partial charge in [0.2, 0.25) is 0 Å². The van der Waals surface area contributed by atoms with Crippen molar-refractivity contribution in [1.82, 2.24) is 10.2 Å². The molecule has 18 heavy (non-hydrogen) atoms. The lowest BCUT2D eigenvalue weighted by atomic mass is 9.76. The van der Waals surface area contributed by atoms with Crippen molar-refractivity contribution in [2.75, 3.05) is 20.6 Å². The number of carbonyl (C=O) groups excluding carboxylic acids is 1. The van der Waals surface area contributed by atoms with Gasteiger partial charge in [0.25, 0.3) is 0 Å². The molecule has 0 atom stereocenters. The Bertz CT molecular complexity index is 278. The van der Waals surface area contributed by atoms with E-state index in [4.69, 9.17) is 0 Å². The molecule has 0 aromatic rings. The first-order chi connectivity index (χ1) is 8.60. The summed E-state index contributed by atoms with van der Waals surface area (Å²) in [5.74, 6) is 1.61. The van der Waals surface area contributed by atoms with E-state index < -0.39 is 0 Å². The van der Waals surface area contributed by atoms with Gasteiger partial charge in [-0.15, -0.1) is 0 Å². The van der Waals surface area contributed by atoms with Gasteiger partial charge in [-0.1, -0.05) is 0 Å². The molecule has 2 fully saturated rings. The first-order valence-corrected chi connectivity index (χ1v) is 7.48.